The summed E-state index contributed by atoms with van der Waals surface area (Å²) in [5, 5.41) is 9.61. The standard InChI is InChI=1S/C22H18N2O4/c25-20(17-9-10-23-12-17)14-5-7-15(8-6-14)21(26)24-13-18-4-2-1-3-16(18)11-19(24)22(27)28/h1-10,12,19,23H,11,13H2,(H,27,28)/t19-/m1/s1. The molecule has 1 aliphatic heterocycles. The zero-order valence-electron chi connectivity index (χ0n) is 15.0. The van der Waals surface area contributed by atoms with E-state index in [9.17, 15) is 19.5 Å². The van der Waals surface area contributed by atoms with Crippen LogP contribution in [0.5, 0.6) is 0 Å². The van der Waals surface area contributed by atoms with E-state index in [1.165, 1.54) is 4.90 Å². The highest BCUT2D eigenvalue weighted by molar-refractivity contribution is 6.09. The van der Waals surface area contributed by atoms with Gasteiger partial charge in [0.15, 0.2) is 5.78 Å². The van der Waals surface area contributed by atoms with Crippen molar-refractivity contribution in [2.24, 2.45) is 0 Å². The number of hydrogen-bond donors (Lipinski definition) is 2. The van der Waals surface area contributed by atoms with Crippen LogP contribution in [0.15, 0.2) is 67.0 Å². The van der Waals surface area contributed by atoms with Crippen LogP contribution < -0.4 is 0 Å². The number of carboxylic acid groups (broad SMARTS) is 1. The zero-order valence-corrected chi connectivity index (χ0v) is 15.0. The Bertz CT molecular complexity index is 1040. The van der Waals surface area contributed by atoms with Crippen LogP contribution in [0.3, 0.4) is 0 Å². The van der Waals surface area contributed by atoms with Crippen molar-refractivity contribution >= 4 is 17.7 Å². The van der Waals surface area contributed by atoms with Gasteiger partial charge in [-0.3, -0.25) is 9.59 Å². The summed E-state index contributed by atoms with van der Waals surface area (Å²) < 4.78 is 0. The second kappa shape index (κ2) is 7.15. The fraction of sp³-hybridized carbons (Fsp3) is 0.136. The molecule has 1 aliphatic rings. The summed E-state index contributed by atoms with van der Waals surface area (Å²) in [5.74, 6) is -1.53. The van der Waals surface area contributed by atoms with Crippen molar-refractivity contribution in [3.8, 4) is 0 Å². The van der Waals surface area contributed by atoms with Crippen molar-refractivity contribution in [2.75, 3.05) is 0 Å². The quantitative estimate of drug-likeness (QED) is 0.687. The molecular formula is C22H18N2O4. The van der Waals surface area contributed by atoms with Gasteiger partial charge in [0.05, 0.1) is 0 Å². The van der Waals surface area contributed by atoms with Gasteiger partial charge in [0.25, 0.3) is 5.91 Å². The van der Waals surface area contributed by atoms with E-state index in [0.29, 0.717) is 16.7 Å². The number of benzene rings is 2. The Balaban J connectivity index is 1.59. The molecule has 2 heterocycles. The van der Waals surface area contributed by atoms with Gasteiger partial charge in [0.1, 0.15) is 6.04 Å². The van der Waals surface area contributed by atoms with Crippen LogP contribution in [0.4, 0.5) is 0 Å². The normalized spacial score (nSPS) is 15.7. The number of carboxylic acids is 1. The average molecular weight is 374 g/mol. The first-order valence-electron chi connectivity index (χ1n) is 8.92. The third-order valence-electron chi connectivity index (χ3n) is 5.05. The number of H-pyrrole nitrogens is 1. The van der Waals surface area contributed by atoms with E-state index in [-0.39, 0.29) is 24.7 Å². The van der Waals surface area contributed by atoms with E-state index in [1.54, 1.807) is 42.7 Å². The summed E-state index contributed by atoms with van der Waals surface area (Å²) in [5.41, 5.74) is 3.27. The first-order chi connectivity index (χ1) is 13.5. The van der Waals surface area contributed by atoms with Crippen LogP contribution in [-0.2, 0) is 17.8 Å². The molecule has 0 spiro atoms. The van der Waals surface area contributed by atoms with Crippen LogP contribution in [0.1, 0.15) is 37.4 Å². The Morgan fingerprint density at radius 3 is 2.21 bits per heavy atom. The van der Waals surface area contributed by atoms with Gasteiger partial charge in [-0.2, -0.15) is 0 Å². The molecule has 0 bridgehead atoms. The van der Waals surface area contributed by atoms with E-state index in [1.807, 2.05) is 24.3 Å². The number of aliphatic carboxylic acids is 1. The predicted octanol–water partition coefficient (Wildman–Crippen LogP) is 2.90. The van der Waals surface area contributed by atoms with Crippen molar-refractivity contribution in [1.29, 1.82) is 0 Å². The summed E-state index contributed by atoms with van der Waals surface area (Å²) >= 11 is 0. The van der Waals surface area contributed by atoms with Gasteiger partial charge in [-0.1, -0.05) is 36.4 Å². The van der Waals surface area contributed by atoms with E-state index in [0.717, 1.165) is 11.1 Å². The second-order valence-corrected chi connectivity index (χ2v) is 6.77. The molecule has 2 N–H and O–H groups in total. The maximum Gasteiger partial charge on any atom is 0.326 e. The van der Waals surface area contributed by atoms with Gasteiger partial charge in [-0.15, -0.1) is 0 Å². The molecule has 0 fully saturated rings. The first-order valence-corrected chi connectivity index (χ1v) is 8.92. The predicted molar refractivity (Wildman–Crippen MR) is 102 cm³/mol. The van der Waals surface area contributed by atoms with Crippen molar-refractivity contribution in [3.63, 3.8) is 0 Å². The Hall–Kier alpha value is -3.67. The number of nitrogens with zero attached hydrogens (tertiary/aromatic N) is 1. The van der Waals surface area contributed by atoms with Crippen LogP contribution in [0, 0.1) is 0 Å². The van der Waals surface area contributed by atoms with Crippen LogP contribution >= 0.6 is 0 Å². The molecule has 1 atom stereocenters. The number of amides is 1. The monoisotopic (exact) mass is 374 g/mol. The highest BCUT2D eigenvalue weighted by atomic mass is 16.4. The molecule has 0 unspecified atom stereocenters. The van der Waals surface area contributed by atoms with Gasteiger partial charge in [0.2, 0.25) is 0 Å². The number of rotatable bonds is 4. The van der Waals surface area contributed by atoms with Crippen molar-refractivity contribution in [2.45, 2.75) is 19.0 Å². The van der Waals surface area contributed by atoms with Crippen molar-refractivity contribution in [3.05, 3.63) is 94.8 Å². The number of carbonyl (C=O) groups is 3. The Morgan fingerprint density at radius 2 is 1.57 bits per heavy atom. The highest BCUT2D eigenvalue weighted by Crippen LogP contribution is 2.25. The average Bonchev–Trinajstić information content (AvgIpc) is 3.26. The molecule has 2 aromatic carbocycles. The van der Waals surface area contributed by atoms with Crippen LogP contribution in [0.25, 0.3) is 0 Å². The van der Waals surface area contributed by atoms with Gasteiger partial charge >= 0.3 is 5.97 Å². The topological polar surface area (TPSA) is 90.5 Å². The minimum atomic E-state index is -1.03. The van der Waals surface area contributed by atoms with Crippen molar-refractivity contribution < 1.29 is 19.5 Å². The molecule has 0 aliphatic carbocycles. The summed E-state index contributed by atoms with van der Waals surface area (Å²) in [6.07, 6.45) is 3.57. The molecule has 1 amide bonds. The third kappa shape index (κ3) is 3.20. The number of nitrogens with one attached hydrogen (secondary N) is 1. The maximum absolute atomic E-state index is 13.0. The SMILES string of the molecule is O=C(c1ccc(C(=O)N2Cc3ccccc3C[C@@H]2C(=O)O)cc1)c1cc[nH]c1. The molecule has 4 rings (SSSR count). The number of aromatic amines is 1. The molecule has 3 aromatic rings. The summed E-state index contributed by atoms with van der Waals surface area (Å²) in [6, 6.07) is 14.7. The largest absolute Gasteiger partial charge is 0.480 e. The summed E-state index contributed by atoms with van der Waals surface area (Å²) in [6.45, 7) is 0.246. The van der Waals surface area contributed by atoms with Gasteiger partial charge in [0, 0.05) is 42.0 Å². The van der Waals surface area contributed by atoms with Crippen LogP contribution in [-0.4, -0.2) is 38.7 Å². The minimum Gasteiger partial charge on any atom is -0.480 e. The molecular weight excluding hydrogens is 356 g/mol. The molecule has 140 valence electrons. The maximum atomic E-state index is 13.0. The molecule has 1 aromatic heterocycles. The lowest BCUT2D eigenvalue weighted by atomic mass is 9.93. The van der Waals surface area contributed by atoms with Crippen LogP contribution in [0.2, 0.25) is 0 Å². The summed E-state index contributed by atoms with van der Waals surface area (Å²) in [7, 11) is 0. The molecule has 0 saturated heterocycles. The number of carbonyl (C=O) groups excluding carboxylic acids is 2. The Morgan fingerprint density at radius 1 is 0.893 bits per heavy atom. The smallest absolute Gasteiger partial charge is 0.326 e. The van der Waals surface area contributed by atoms with Gasteiger partial charge in [-0.05, 0) is 29.3 Å². The number of aromatic nitrogens is 1. The van der Waals surface area contributed by atoms with Gasteiger partial charge < -0.3 is 15.0 Å². The third-order valence-corrected chi connectivity index (χ3v) is 5.05. The lowest BCUT2D eigenvalue weighted by molar-refractivity contribution is -0.142. The lowest BCUT2D eigenvalue weighted by Gasteiger charge is -2.34. The fourth-order valence-electron chi connectivity index (χ4n) is 3.52. The van der Waals surface area contributed by atoms with E-state index < -0.39 is 12.0 Å². The Kier molecular flexibility index (Phi) is 4.53. The molecule has 28 heavy (non-hydrogen) atoms. The number of hydrogen-bond acceptors (Lipinski definition) is 3. The minimum absolute atomic E-state index is 0.143. The van der Waals surface area contributed by atoms with E-state index in [2.05, 4.69) is 4.98 Å². The molecule has 6 nitrogen and oxygen atoms in total. The van der Waals surface area contributed by atoms with E-state index in [4.69, 9.17) is 0 Å². The summed E-state index contributed by atoms with van der Waals surface area (Å²) in [4.78, 5) is 41.3. The fourth-order valence-corrected chi connectivity index (χ4v) is 3.52. The van der Waals surface area contributed by atoms with Gasteiger partial charge in [-0.25, -0.2) is 4.79 Å². The van der Waals surface area contributed by atoms with Crippen molar-refractivity contribution in [1.82, 2.24) is 9.88 Å². The van der Waals surface area contributed by atoms with E-state index >= 15 is 0 Å². The zero-order chi connectivity index (χ0) is 19.7. The Labute approximate surface area is 161 Å². The highest BCUT2D eigenvalue weighted by Gasteiger charge is 2.34. The number of fused-ring (bicyclic) bond motifs is 1. The molecule has 0 saturated carbocycles. The second-order valence-electron chi connectivity index (χ2n) is 6.77. The lowest BCUT2D eigenvalue weighted by Crippen LogP contribution is -2.48. The molecule has 6 heteroatoms. The molecule has 0 radical (unpaired) electrons. The number of ketones is 1. The first kappa shape index (κ1) is 17.7.